The number of nitrogens with one attached hydrogen (secondary N) is 1. The van der Waals surface area contributed by atoms with E-state index in [1.54, 1.807) is 0 Å². The van der Waals surface area contributed by atoms with Crippen LogP contribution in [0.25, 0.3) is 0 Å². The fraction of sp³-hybridized carbons (Fsp3) is 0.615. The van der Waals surface area contributed by atoms with Crippen LogP contribution < -0.4 is 16.2 Å². The molecule has 0 spiro atoms. The summed E-state index contributed by atoms with van der Waals surface area (Å²) in [4.78, 5) is 17.1. The third-order valence-corrected chi connectivity index (χ3v) is 3.35. The molecule has 1 heterocycles. The lowest BCUT2D eigenvalue weighted by molar-refractivity contribution is -0.384. The van der Waals surface area contributed by atoms with Crippen LogP contribution in [-0.2, 0) is 0 Å². The molecule has 0 aliphatic heterocycles. The number of anilines is 2. The normalized spacial score (nSPS) is 12.0. The number of nitrogens with zero attached hydrogens (tertiary/aromatic N) is 3. The van der Waals surface area contributed by atoms with Gasteiger partial charge in [-0.3, -0.25) is 10.1 Å². The summed E-state index contributed by atoms with van der Waals surface area (Å²) >= 11 is 0. The Morgan fingerprint density at radius 1 is 1.50 bits per heavy atom. The van der Waals surface area contributed by atoms with Crippen molar-refractivity contribution >= 4 is 17.3 Å². The molecule has 20 heavy (non-hydrogen) atoms. The van der Waals surface area contributed by atoms with Crippen molar-refractivity contribution in [1.82, 2.24) is 4.98 Å². The first kappa shape index (κ1) is 16.2. The molecule has 0 radical (unpaired) electrons. The Morgan fingerprint density at radius 2 is 2.20 bits per heavy atom. The summed E-state index contributed by atoms with van der Waals surface area (Å²) in [5.74, 6) is 6.16. The quantitative estimate of drug-likeness (QED) is 0.432. The van der Waals surface area contributed by atoms with Crippen molar-refractivity contribution in [3.8, 4) is 0 Å². The van der Waals surface area contributed by atoms with Crippen LogP contribution in [-0.4, -0.2) is 22.5 Å². The number of hydrogen-bond donors (Lipinski definition) is 2. The topological polar surface area (TPSA) is 97.3 Å². The molecule has 0 bridgehead atoms. The van der Waals surface area contributed by atoms with Crippen molar-refractivity contribution in [2.75, 3.05) is 16.9 Å². The van der Waals surface area contributed by atoms with Crippen LogP contribution in [0.3, 0.4) is 0 Å². The van der Waals surface area contributed by atoms with Gasteiger partial charge in [0.15, 0.2) is 0 Å². The van der Waals surface area contributed by atoms with Crippen molar-refractivity contribution in [3.63, 3.8) is 0 Å². The van der Waals surface area contributed by atoms with Gasteiger partial charge in [0, 0.05) is 18.7 Å². The summed E-state index contributed by atoms with van der Waals surface area (Å²) in [7, 11) is 0. The van der Waals surface area contributed by atoms with Gasteiger partial charge in [0.1, 0.15) is 5.82 Å². The molecule has 112 valence electrons. The van der Waals surface area contributed by atoms with Crippen molar-refractivity contribution in [3.05, 3.63) is 22.2 Å². The van der Waals surface area contributed by atoms with Crippen LogP contribution in [0.15, 0.2) is 12.1 Å². The predicted molar refractivity (Wildman–Crippen MR) is 80.7 cm³/mol. The predicted octanol–water partition coefficient (Wildman–Crippen LogP) is 2.68. The van der Waals surface area contributed by atoms with E-state index in [-0.39, 0.29) is 11.7 Å². The highest BCUT2D eigenvalue weighted by molar-refractivity contribution is 5.62. The summed E-state index contributed by atoms with van der Waals surface area (Å²) in [6.45, 7) is 6.94. The molecule has 7 nitrogen and oxygen atoms in total. The van der Waals surface area contributed by atoms with Gasteiger partial charge in [-0.05, 0) is 25.8 Å². The average molecular weight is 281 g/mol. The maximum absolute atomic E-state index is 11.2. The second kappa shape index (κ2) is 7.64. The van der Waals surface area contributed by atoms with Crippen LogP contribution in [0.5, 0.6) is 0 Å². The Hall–Kier alpha value is -1.89. The molecule has 1 unspecified atom stereocenters. The Morgan fingerprint density at radius 3 is 2.70 bits per heavy atom. The average Bonchev–Trinajstić information content (AvgIpc) is 2.46. The first-order chi connectivity index (χ1) is 9.54. The summed E-state index contributed by atoms with van der Waals surface area (Å²) in [6.07, 6.45) is 2.88. The highest BCUT2D eigenvalue weighted by atomic mass is 16.6. The van der Waals surface area contributed by atoms with Gasteiger partial charge < -0.3 is 10.3 Å². The zero-order chi connectivity index (χ0) is 15.1. The molecule has 1 atom stereocenters. The standard InChI is InChI=1S/C13H23N5O2/c1-4-6-9-17(10(3)5-2)13-11(18(19)20)7-8-12(15-13)16-14/h7-8,10H,4-6,9,14H2,1-3H3,(H,15,16). The van der Waals surface area contributed by atoms with Gasteiger partial charge in [-0.1, -0.05) is 20.3 Å². The van der Waals surface area contributed by atoms with Gasteiger partial charge in [0.2, 0.25) is 5.82 Å². The molecule has 0 saturated carbocycles. The summed E-state index contributed by atoms with van der Waals surface area (Å²) in [5.41, 5.74) is 2.46. The van der Waals surface area contributed by atoms with Gasteiger partial charge in [0.05, 0.1) is 4.92 Å². The number of hydrazine groups is 1. The van der Waals surface area contributed by atoms with Crippen molar-refractivity contribution in [1.29, 1.82) is 0 Å². The first-order valence-corrected chi connectivity index (χ1v) is 6.93. The molecule has 7 heteroatoms. The fourth-order valence-electron chi connectivity index (χ4n) is 1.96. The zero-order valence-electron chi connectivity index (χ0n) is 12.3. The Kier molecular flexibility index (Phi) is 6.17. The third-order valence-electron chi connectivity index (χ3n) is 3.35. The minimum Gasteiger partial charge on any atom is -0.348 e. The maximum Gasteiger partial charge on any atom is 0.311 e. The van der Waals surface area contributed by atoms with E-state index in [9.17, 15) is 10.1 Å². The van der Waals surface area contributed by atoms with Crippen LogP contribution in [0.4, 0.5) is 17.3 Å². The van der Waals surface area contributed by atoms with Crippen molar-refractivity contribution in [2.24, 2.45) is 5.84 Å². The number of nitro groups is 1. The highest BCUT2D eigenvalue weighted by Crippen LogP contribution is 2.29. The van der Waals surface area contributed by atoms with E-state index in [2.05, 4.69) is 24.3 Å². The van der Waals surface area contributed by atoms with E-state index in [1.165, 1.54) is 12.1 Å². The van der Waals surface area contributed by atoms with Crippen LogP contribution >= 0.6 is 0 Å². The lowest BCUT2D eigenvalue weighted by atomic mass is 10.2. The van der Waals surface area contributed by atoms with Gasteiger partial charge in [-0.2, -0.15) is 0 Å². The number of nitrogen functional groups attached to an aromatic ring is 1. The molecule has 0 aliphatic carbocycles. The largest absolute Gasteiger partial charge is 0.348 e. The SMILES string of the molecule is CCCCN(c1nc(NN)ccc1[N+](=O)[O-])C(C)CC. The minimum absolute atomic E-state index is 0.0143. The second-order valence-corrected chi connectivity index (χ2v) is 4.74. The van der Waals surface area contributed by atoms with E-state index in [1.807, 2.05) is 11.8 Å². The summed E-state index contributed by atoms with van der Waals surface area (Å²) in [5, 5.41) is 11.2. The third kappa shape index (κ3) is 3.80. The number of pyridine rings is 1. The van der Waals surface area contributed by atoms with E-state index in [4.69, 9.17) is 5.84 Å². The Bertz CT molecular complexity index is 452. The number of rotatable bonds is 8. The van der Waals surface area contributed by atoms with Gasteiger partial charge in [0.25, 0.3) is 0 Å². The minimum atomic E-state index is -0.399. The first-order valence-electron chi connectivity index (χ1n) is 6.93. The van der Waals surface area contributed by atoms with Crippen LogP contribution in [0, 0.1) is 10.1 Å². The van der Waals surface area contributed by atoms with E-state index >= 15 is 0 Å². The van der Waals surface area contributed by atoms with Crippen molar-refractivity contribution < 1.29 is 4.92 Å². The summed E-state index contributed by atoms with van der Waals surface area (Å²) in [6, 6.07) is 3.13. The van der Waals surface area contributed by atoms with Crippen LogP contribution in [0.2, 0.25) is 0 Å². The zero-order valence-corrected chi connectivity index (χ0v) is 12.3. The highest BCUT2D eigenvalue weighted by Gasteiger charge is 2.24. The molecule has 0 fully saturated rings. The van der Waals surface area contributed by atoms with E-state index in [0.29, 0.717) is 11.6 Å². The van der Waals surface area contributed by atoms with Gasteiger partial charge >= 0.3 is 5.69 Å². The fourth-order valence-corrected chi connectivity index (χ4v) is 1.96. The van der Waals surface area contributed by atoms with Gasteiger partial charge in [-0.15, -0.1) is 0 Å². The molecular weight excluding hydrogens is 258 g/mol. The smallest absolute Gasteiger partial charge is 0.311 e. The molecule has 0 aromatic carbocycles. The van der Waals surface area contributed by atoms with Crippen LogP contribution in [0.1, 0.15) is 40.0 Å². The summed E-state index contributed by atoms with van der Waals surface area (Å²) < 4.78 is 0. The molecule has 0 aliphatic rings. The molecule has 1 rings (SSSR count). The molecule has 0 amide bonds. The number of aromatic nitrogens is 1. The van der Waals surface area contributed by atoms with Crippen molar-refractivity contribution in [2.45, 2.75) is 46.1 Å². The Balaban J connectivity index is 3.23. The lowest BCUT2D eigenvalue weighted by Crippen LogP contribution is -2.35. The molecule has 0 saturated heterocycles. The molecule has 1 aromatic heterocycles. The maximum atomic E-state index is 11.2. The second-order valence-electron chi connectivity index (χ2n) is 4.74. The van der Waals surface area contributed by atoms with E-state index < -0.39 is 4.92 Å². The number of hydrogen-bond acceptors (Lipinski definition) is 6. The number of nitrogens with two attached hydrogens (primary N) is 1. The monoisotopic (exact) mass is 281 g/mol. The molecule has 1 aromatic rings. The molecular formula is C13H23N5O2. The number of unbranched alkanes of at least 4 members (excludes halogenated alkanes) is 1. The van der Waals surface area contributed by atoms with E-state index in [0.717, 1.165) is 25.8 Å². The Labute approximate surface area is 119 Å². The lowest BCUT2D eigenvalue weighted by Gasteiger charge is -2.29. The molecule has 3 N–H and O–H groups in total. The van der Waals surface area contributed by atoms with Gasteiger partial charge in [-0.25, -0.2) is 10.8 Å².